The number of nitrogens with one attached hydrogen (secondary N) is 3. The lowest BCUT2D eigenvalue weighted by molar-refractivity contribution is 0.145. The average Bonchev–Trinajstić information content (AvgIpc) is 2.56. The van der Waals surface area contributed by atoms with Crippen LogP contribution in [0.4, 0.5) is 0 Å². The first-order valence-electron chi connectivity index (χ1n) is 6.79. The van der Waals surface area contributed by atoms with E-state index in [0.29, 0.717) is 6.04 Å². The smallest absolute Gasteiger partial charge is 0.0535 e. The molecule has 0 bridgehead atoms. The molecule has 0 amide bonds. The van der Waals surface area contributed by atoms with E-state index in [1.54, 1.807) is 0 Å². The Labute approximate surface area is 110 Å². The molecule has 1 aromatic rings. The minimum Gasteiger partial charge on any atom is -0.310 e. The molecular weight excluding hydrogens is 224 g/mol. The Bertz CT molecular complexity index is 390. The molecule has 4 nitrogen and oxygen atoms in total. The number of H-pyrrole nitrogens is 1. The van der Waals surface area contributed by atoms with E-state index in [1.165, 1.54) is 5.56 Å². The Kier molecular flexibility index (Phi) is 3.52. The summed E-state index contributed by atoms with van der Waals surface area (Å²) in [5.41, 5.74) is 2.83. The normalized spacial score (nSPS) is 23.2. The van der Waals surface area contributed by atoms with Crippen LogP contribution in [0.25, 0.3) is 0 Å². The Balaban J connectivity index is 1.95. The van der Waals surface area contributed by atoms with Crippen LogP contribution in [0.2, 0.25) is 0 Å². The van der Waals surface area contributed by atoms with Crippen molar-refractivity contribution in [3.05, 3.63) is 17.5 Å². The van der Waals surface area contributed by atoms with Gasteiger partial charge in [-0.15, -0.1) is 0 Å². The molecule has 3 N–H and O–H groups in total. The summed E-state index contributed by atoms with van der Waals surface area (Å²) >= 11 is 0. The van der Waals surface area contributed by atoms with Crippen LogP contribution < -0.4 is 10.6 Å². The third-order valence-corrected chi connectivity index (χ3v) is 3.71. The van der Waals surface area contributed by atoms with Crippen LogP contribution in [-0.2, 0) is 6.54 Å². The number of hydrogen-bond donors (Lipinski definition) is 3. The van der Waals surface area contributed by atoms with Gasteiger partial charge in [-0.25, -0.2) is 0 Å². The molecule has 0 atom stereocenters. The summed E-state index contributed by atoms with van der Waals surface area (Å²) in [5, 5.41) is 14.4. The van der Waals surface area contributed by atoms with Crippen LogP contribution in [0.15, 0.2) is 6.20 Å². The number of aromatic amines is 1. The summed E-state index contributed by atoms with van der Waals surface area (Å²) in [5.74, 6) is 0. The van der Waals surface area contributed by atoms with Crippen molar-refractivity contribution < 1.29 is 0 Å². The maximum Gasteiger partial charge on any atom is 0.0535 e. The molecule has 1 aromatic heterocycles. The van der Waals surface area contributed by atoms with E-state index < -0.39 is 0 Å². The molecule has 2 heterocycles. The van der Waals surface area contributed by atoms with Crippen molar-refractivity contribution in [1.82, 2.24) is 20.8 Å². The molecule has 4 heteroatoms. The number of rotatable bonds is 3. The molecule has 1 aliphatic rings. The Morgan fingerprint density at radius 2 is 1.89 bits per heavy atom. The zero-order chi connectivity index (χ0) is 13.4. The number of aromatic nitrogens is 2. The Hall–Kier alpha value is -0.870. The highest BCUT2D eigenvalue weighted by molar-refractivity contribution is 5.14. The fourth-order valence-electron chi connectivity index (χ4n) is 3.27. The molecule has 0 saturated carbocycles. The molecule has 0 aliphatic carbocycles. The van der Waals surface area contributed by atoms with Gasteiger partial charge in [-0.3, -0.25) is 5.10 Å². The number of nitrogens with zero attached hydrogens (tertiary/aromatic N) is 1. The molecule has 0 spiro atoms. The lowest BCUT2D eigenvalue weighted by Gasteiger charge is -2.46. The molecule has 0 aromatic carbocycles. The van der Waals surface area contributed by atoms with Crippen LogP contribution in [0.1, 0.15) is 51.8 Å². The fraction of sp³-hybridized carbons (Fsp3) is 0.786. The average molecular weight is 250 g/mol. The first-order valence-corrected chi connectivity index (χ1v) is 6.79. The summed E-state index contributed by atoms with van der Waals surface area (Å²) in [6.07, 6.45) is 4.24. The molecule has 0 unspecified atom stereocenters. The van der Waals surface area contributed by atoms with Gasteiger partial charge in [-0.05, 0) is 47.5 Å². The summed E-state index contributed by atoms with van der Waals surface area (Å²) in [6.45, 7) is 12.1. The maximum atomic E-state index is 4.07. The zero-order valence-electron chi connectivity index (χ0n) is 12.2. The SMILES string of the molecule is Cc1[nH]ncc1CNC1CC(C)(C)NC(C)(C)C1. The third-order valence-electron chi connectivity index (χ3n) is 3.71. The van der Waals surface area contributed by atoms with Crippen molar-refractivity contribution in [3.8, 4) is 0 Å². The Morgan fingerprint density at radius 1 is 1.28 bits per heavy atom. The minimum absolute atomic E-state index is 0.199. The molecule has 1 aliphatic heterocycles. The Morgan fingerprint density at radius 3 is 2.39 bits per heavy atom. The van der Waals surface area contributed by atoms with E-state index in [2.05, 4.69) is 55.4 Å². The number of hydrogen-bond acceptors (Lipinski definition) is 3. The van der Waals surface area contributed by atoms with Gasteiger partial charge in [0.15, 0.2) is 0 Å². The number of piperidine rings is 1. The molecule has 1 saturated heterocycles. The van der Waals surface area contributed by atoms with Gasteiger partial charge in [0.25, 0.3) is 0 Å². The van der Waals surface area contributed by atoms with Gasteiger partial charge in [0.05, 0.1) is 6.20 Å². The molecule has 0 radical (unpaired) electrons. The topological polar surface area (TPSA) is 52.7 Å². The first-order chi connectivity index (χ1) is 8.27. The van der Waals surface area contributed by atoms with E-state index in [1.807, 2.05) is 6.20 Å². The van der Waals surface area contributed by atoms with Crippen LogP contribution in [0.5, 0.6) is 0 Å². The summed E-state index contributed by atoms with van der Waals surface area (Å²) in [7, 11) is 0. The predicted octanol–water partition coefficient (Wildman–Crippen LogP) is 2.12. The second-order valence-electron chi connectivity index (χ2n) is 6.90. The van der Waals surface area contributed by atoms with Gasteiger partial charge in [0.1, 0.15) is 0 Å². The van der Waals surface area contributed by atoms with Crippen molar-refractivity contribution in [1.29, 1.82) is 0 Å². The van der Waals surface area contributed by atoms with E-state index in [9.17, 15) is 0 Å². The third kappa shape index (κ3) is 3.33. The van der Waals surface area contributed by atoms with Crippen LogP contribution in [0.3, 0.4) is 0 Å². The van der Waals surface area contributed by atoms with E-state index in [4.69, 9.17) is 0 Å². The summed E-state index contributed by atoms with van der Waals surface area (Å²) in [4.78, 5) is 0. The highest BCUT2D eigenvalue weighted by Gasteiger charge is 2.37. The van der Waals surface area contributed by atoms with Crippen molar-refractivity contribution in [3.63, 3.8) is 0 Å². The lowest BCUT2D eigenvalue weighted by atomic mass is 9.79. The maximum absolute atomic E-state index is 4.07. The highest BCUT2D eigenvalue weighted by Crippen LogP contribution is 2.28. The van der Waals surface area contributed by atoms with E-state index in [-0.39, 0.29) is 11.1 Å². The molecule has 102 valence electrons. The van der Waals surface area contributed by atoms with Crippen molar-refractivity contribution in [2.24, 2.45) is 0 Å². The van der Waals surface area contributed by atoms with Crippen molar-refractivity contribution in [2.45, 2.75) is 71.1 Å². The largest absolute Gasteiger partial charge is 0.310 e. The van der Waals surface area contributed by atoms with Crippen LogP contribution >= 0.6 is 0 Å². The van der Waals surface area contributed by atoms with Gasteiger partial charge < -0.3 is 10.6 Å². The second kappa shape index (κ2) is 4.67. The van der Waals surface area contributed by atoms with Crippen molar-refractivity contribution in [2.75, 3.05) is 0 Å². The minimum atomic E-state index is 0.199. The van der Waals surface area contributed by atoms with Gasteiger partial charge in [0.2, 0.25) is 0 Å². The number of aryl methyl sites for hydroxylation is 1. The van der Waals surface area contributed by atoms with Crippen LogP contribution in [-0.4, -0.2) is 27.3 Å². The van der Waals surface area contributed by atoms with Crippen molar-refractivity contribution >= 4 is 0 Å². The monoisotopic (exact) mass is 250 g/mol. The fourth-order valence-corrected chi connectivity index (χ4v) is 3.27. The van der Waals surface area contributed by atoms with Gasteiger partial charge in [0, 0.05) is 34.9 Å². The van der Waals surface area contributed by atoms with Gasteiger partial charge in [-0.2, -0.15) is 5.10 Å². The highest BCUT2D eigenvalue weighted by atomic mass is 15.1. The first kappa shape index (κ1) is 13.6. The lowest BCUT2D eigenvalue weighted by Crippen LogP contribution is -2.61. The molecule has 1 fully saturated rings. The summed E-state index contributed by atoms with van der Waals surface area (Å²) in [6, 6.07) is 0.561. The quantitative estimate of drug-likeness (QED) is 0.770. The molecule has 18 heavy (non-hydrogen) atoms. The predicted molar refractivity (Wildman–Crippen MR) is 74.5 cm³/mol. The zero-order valence-corrected chi connectivity index (χ0v) is 12.2. The van der Waals surface area contributed by atoms with Gasteiger partial charge >= 0.3 is 0 Å². The standard InChI is InChI=1S/C14H26N4/c1-10-11(9-16-17-10)8-15-12-6-13(2,3)18-14(4,5)7-12/h9,12,15,18H,6-8H2,1-5H3,(H,16,17). The molecular formula is C14H26N4. The van der Waals surface area contributed by atoms with Crippen LogP contribution in [0, 0.1) is 6.92 Å². The van der Waals surface area contributed by atoms with Gasteiger partial charge in [-0.1, -0.05) is 0 Å². The summed E-state index contributed by atoms with van der Waals surface area (Å²) < 4.78 is 0. The second-order valence-corrected chi connectivity index (χ2v) is 6.90. The molecule has 2 rings (SSSR count). The van der Waals surface area contributed by atoms with E-state index in [0.717, 1.165) is 25.1 Å². The van der Waals surface area contributed by atoms with E-state index >= 15 is 0 Å².